The van der Waals surface area contributed by atoms with Gasteiger partial charge in [0.15, 0.2) is 17.5 Å². The Kier molecular flexibility index (Phi) is 7.58. The summed E-state index contributed by atoms with van der Waals surface area (Å²) in [5, 5.41) is 14.7. The molecule has 0 atom stereocenters. The van der Waals surface area contributed by atoms with E-state index >= 15 is 0 Å². The number of benzene rings is 9. The van der Waals surface area contributed by atoms with Crippen LogP contribution in [0.5, 0.6) is 0 Å². The van der Waals surface area contributed by atoms with Crippen LogP contribution < -0.4 is 0 Å². The molecule has 0 amide bonds. The van der Waals surface area contributed by atoms with Crippen molar-refractivity contribution in [3.63, 3.8) is 0 Å². The van der Waals surface area contributed by atoms with Crippen molar-refractivity contribution < 1.29 is 6.85 Å². The Morgan fingerprint density at radius 3 is 1.58 bits per heavy atom. The maximum atomic E-state index is 11.2. The van der Waals surface area contributed by atoms with E-state index in [0.717, 1.165) is 66.0 Å². The maximum Gasteiger partial charge on any atom is 0.164 e. The fraction of sp³-hybridized carbons (Fsp3) is 0. The standard InChI is InChI=1S/C58H36N6/c59-37-41-36-40(56-60-57(47-27-12-10-24-43(47)38-18-4-1-5-19-38)62-58(61-56)48-28-13-11-25-44(48)39-20-6-2-7-21-39)32-34-50(41)64-51-30-16-14-26-45(51)46-33-35-53-54(55(46)64)49-29-15-17-31-52(49)63(53)42-22-8-3-9-23-42/h1-36H/i3D,8D,9D,22D,23D. The zero-order chi connectivity index (χ0) is 46.9. The lowest BCUT2D eigenvalue weighted by Gasteiger charge is -2.15. The number of hydrogen-bond acceptors (Lipinski definition) is 4. The van der Waals surface area contributed by atoms with Crippen LogP contribution in [0.3, 0.4) is 0 Å². The van der Waals surface area contributed by atoms with E-state index in [9.17, 15) is 5.26 Å². The zero-order valence-corrected chi connectivity index (χ0v) is 34.1. The SMILES string of the molecule is [2H]c1c([2H])c([2H])c(-n2c3ccccc3c3c2ccc2c4ccccc4n(-c4ccc(-c5nc(-c6ccccc6-c6ccccc6)nc(-c6ccccc6-c6ccccc6)n5)cc4C#N)c23)c([2H])c1[2H]. The zero-order valence-electron chi connectivity index (χ0n) is 39.1. The summed E-state index contributed by atoms with van der Waals surface area (Å²) in [5.41, 5.74) is 10.3. The largest absolute Gasteiger partial charge is 0.309 e. The average Bonchev–Trinajstić information content (AvgIpc) is 3.92. The summed E-state index contributed by atoms with van der Waals surface area (Å²) < 4.78 is 47.3. The Bertz CT molecular complexity index is 3970. The third-order valence-electron chi connectivity index (χ3n) is 11.9. The highest BCUT2D eigenvalue weighted by atomic mass is 15.0. The summed E-state index contributed by atoms with van der Waals surface area (Å²) in [7, 11) is 0. The second-order valence-corrected chi connectivity index (χ2v) is 15.5. The van der Waals surface area contributed by atoms with Gasteiger partial charge in [0.1, 0.15) is 6.07 Å². The summed E-state index contributed by atoms with van der Waals surface area (Å²) >= 11 is 0. The molecule has 0 aliphatic rings. The predicted molar refractivity (Wildman–Crippen MR) is 260 cm³/mol. The van der Waals surface area contributed by atoms with E-state index in [4.69, 9.17) is 21.8 Å². The van der Waals surface area contributed by atoms with E-state index in [1.807, 2.05) is 146 Å². The molecule has 0 aliphatic carbocycles. The van der Waals surface area contributed by atoms with E-state index in [1.165, 1.54) is 0 Å². The fourth-order valence-electron chi connectivity index (χ4n) is 9.16. The third kappa shape index (κ3) is 5.99. The van der Waals surface area contributed by atoms with Crippen LogP contribution in [-0.4, -0.2) is 24.1 Å². The number of rotatable bonds is 7. The molecule has 3 aromatic heterocycles. The Hall–Kier alpha value is -8.92. The van der Waals surface area contributed by atoms with Crippen LogP contribution in [0.1, 0.15) is 12.4 Å². The lowest BCUT2D eigenvalue weighted by atomic mass is 9.98. The van der Waals surface area contributed by atoms with Crippen LogP contribution in [0.4, 0.5) is 0 Å². The molecule has 12 aromatic rings. The summed E-state index contributed by atoms with van der Waals surface area (Å²) in [6.45, 7) is 0. The molecule has 0 saturated heterocycles. The molecule has 64 heavy (non-hydrogen) atoms. The highest BCUT2D eigenvalue weighted by molar-refractivity contribution is 6.26. The van der Waals surface area contributed by atoms with Gasteiger partial charge in [0, 0.05) is 43.9 Å². The first-order valence-electron chi connectivity index (χ1n) is 23.4. The van der Waals surface area contributed by atoms with E-state index in [2.05, 4.69) is 53.1 Å². The van der Waals surface area contributed by atoms with Gasteiger partial charge in [-0.2, -0.15) is 5.26 Å². The van der Waals surface area contributed by atoms with Crippen LogP contribution in [0.25, 0.3) is 111 Å². The van der Waals surface area contributed by atoms with Crippen molar-refractivity contribution in [2.75, 3.05) is 0 Å². The molecule has 6 nitrogen and oxygen atoms in total. The summed E-state index contributed by atoms with van der Waals surface area (Å²) in [5.74, 6) is 1.37. The smallest absolute Gasteiger partial charge is 0.164 e. The van der Waals surface area contributed by atoms with Crippen LogP contribution in [-0.2, 0) is 0 Å². The first kappa shape index (κ1) is 31.9. The quantitative estimate of drug-likeness (QED) is 0.160. The number of para-hydroxylation sites is 3. The summed E-state index contributed by atoms with van der Waals surface area (Å²) in [6, 6.07) is 62.5. The van der Waals surface area contributed by atoms with Crippen molar-refractivity contribution in [1.82, 2.24) is 24.1 Å². The predicted octanol–water partition coefficient (Wildman–Crippen LogP) is 14.3. The van der Waals surface area contributed by atoms with Crippen molar-refractivity contribution in [3.05, 3.63) is 224 Å². The van der Waals surface area contributed by atoms with Crippen molar-refractivity contribution >= 4 is 43.6 Å². The molecule has 0 spiro atoms. The monoisotopic (exact) mass is 821 g/mol. The van der Waals surface area contributed by atoms with E-state index in [1.54, 1.807) is 4.57 Å². The minimum atomic E-state index is -0.455. The number of hydrogen-bond donors (Lipinski definition) is 0. The summed E-state index contributed by atoms with van der Waals surface area (Å²) in [6.07, 6.45) is 0. The Labute approximate surface area is 376 Å². The van der Waals surface area contributed by atoms with Gasteiger partial charge >= 0.3 is 0 Å². The van der Waals surface area contributed by atoms with Gasteiger partial charge in [-0.15, -0.1) is 0 Å². The van der Waals surface area contributed by atoms with Gasteiger partial charge in [-0.05, 0) is 70.7 Å². The van der Waals surface area contributed by atoms with Crippen LogP contribution in [0, 0.1) is 11.3 Å². The van der Waals surface area contributed by atoms with Crippen molar-refractivity contribution in [2.45, 2.75) is 0 Å². The number of nitrogens with zero attached hydrogens (tertiary/aromatic N) is 6. The first-order valence-corrected chi connectivity index (χ1v) is 20.9. The molecule has 298 valence electrons. The molecule has 0 bridgehead atoms. The number of fused-ring (bicyclic) bond motifs is 7. The molecule has 0 radical (unpaired) electrons. The minimum Gasteiger partial charge on any atom is -0.309 e. The molecular formula is C58H36N6. The lowest BCUT2D eigenvalue weighted by molar-refractivity contribution is 1.07. The normalized spacial score (nSPS) is 12.5. The molecule has 6 heteroatoms. The van der Waals surface area contributed by atoms with Crippen LogP contribution in [0.15, 0.2) is 218 Å². The van der Waals surface area contributed by atoms with E-state index in [-0.39, 0.29) is 17.8 Å². The molecule has 0 unspecified atom stereocenters. The van der Waals surface area contributed by atoms with E-state index in [0.29, 0.717) is 45.3 Å². The van der Waals surface area contributed by atoms with Crippen molar-refractivity contribution in [1.29, 1.82) is 5.26 Å². The molecule has 3 heterocycles. The summed E-state index contributed by atoms with van der Waals surface area (Å²) in [4.78, 5) is 15.6. The van der Waals surface area contributed by atoms with Gasteiger partial charge in [0.25, 0.3) is 0 Å². The highest BCUT2D eigenvalue weighted by Crippen LogP contribution is 2.43. The second kappa shape index (κ2) is 15.2. The van der Waals surface area contributed by atoms with Gasteiger partial charge in [-0.3, -0.25) is 0 Å². The Balaban J connectivity index is 1.11. The van der Waals surface area contributed by atoms with Crippen molar-refractivity contribution in [3.8, 4) is 73.9 Å². The molecule has 12 rings (SSSR count). The van der Waals surface area contributed by atoms with Crippen molar-refractivity contribution in [2.24, 2.45) is 0 Å². The first-order chi connectivity index (χ1) is 33.8. The van der Waals surface area contributed by atoms with Gasteiger partial charge in [0.2, 0.25) is 0 Å². The maximum absolute atomic E-state index is 11.2. The van der Waals surface area contributed by atoms with Crippen LogP contribution in [0.2, 0.25) is 0 Å². The topological polar surface area (TPSA) is 72.3 Å². The van der Waals surface area contributed by atoms with Gasteiger partial charge in [0.05, 0.1) is 40.2 Å². The number of nitriles is 1. The van der Waals surface area contributed by atoms with Gasteiger partial charge < -0.3 is 9.13 Å². The molecule has 0 saturated carbocycles. The Morgan fingerprint density at radius 1 is 0.422 bits per heavy atom. The molecular weight excluding hydrogens is 781 g/mol. The lowest BCUT2D eigenvalue weighted by Crippen LogP contribution is -2.03. The van der Waals surface area contributed by atoms with Crippen LogP contribution >= 0.6 is 0 Å². The second-order valence-electron chi connectivity index (χ2n) is 15.5. The molecule has 0 aliphatic heterocycles. The number of aromatic nitrogens is 5. The highest BCUT2D eigenvalue weighted by Gasteiger charge is 2.23. The van der Waals surface area contributed by atoms with E-state index < -0.39 is 18.1 Å². The fourth-order valence-corrected chi connectivity index (χ4v) is 9.16. The molecule has 0 N–H and O–H groups in total. The minimum absolute atomic E-state index is 0.0603. The van der Waals surface area contributed by atoms with Gasteiger partial charge in [-0.25, -0.2) is 15.0 Å². The van der Waals surface area contributed by atoms with Gasteiger partial charge in [-0.1, -0.05) is 170 Å². The molecule has 0 fully saturated rings. The molecule has 9 aromatic carbocycles. The Morgan fingerprint density at radius 2 is 0.953 bits per heavy atom. The average molecular weight is 822 g/mol. The third-order valence-corrected chi connectivity index (χ3v) is 11.9.